The number of nitrogens with one attached hydrogen (secondary N) is 1. The first kappa shape index (κ1) is 18.3. The minimum absolute atomic E-state index is 0.129. The third-order valence-electron chi connectivity index (χ3n) is 3.53. The molecule has 0 saturated carbocycles. The summed E-state index contributed by atoms with van der Waals surface area (Å²) in [4.78, 5) is 11.2. The van der Waals surface area contributed by atoms with Crippen LogP contribution in [0.25, 0.3) is 0 Å². The summed E-state index contributed by atoms with van der Waals surface area (Å²) in [5.74, 6) is -0.903. The van der Waals surface area contributed by atoms with Gasteiger partial charge in [0.05, 0.1) is 5.60 Å². The lowest BCUT2D eigenvalue weighted by Gasteiger charge is -2.33. The molecule has 1 fully saturated rings. The van der Waals surface area contributed by atoms with E-state index in [1.54, 1.807) is 6.92 Å². The van der Waals surface area contributed by atoms with E-state index in [2.05, 4.69) is 4.72 Å². The number of aliphatic carboxylic acids is 1. The molecule has 0 radical (unpaired) electrons. The summed E-state index contributed by atoms with van der Waals surface area (Å²) in [6, 6.07) is -1.02. The molecule has 0 aliphatic carbocycles. The van der Waals surface area contributed by atoms with Crippen LogP contribution in [0.1, 0.15) is 46.5 Å². The highest BCUT2D eigenvalue weighted by Gasteiger charge is 2.37. The van der Waals surface area contributed by atoms with Crippen LogP contribution in [-0.2, 0) is 15.0 Å². The molecule has 0 bridgehead atoms. The highest BCUT2D eigenvalue weighted by molar-refractivity contribution is 7.87. The van der Waals surface area contributed by atoms with Gasteiger partial charge in [0.15, 0.2) is 0 Å². The predicted molar refractivity (Wildman–Crippen MR) is 79.0 cm³/mol. The van der Waals surface area contributed by atoms with Gasteiger partial charge in [0.25, 0.3) is 10.2 Å². The van der Waals surface area contributed by atoms with E-state index in [4.69, 9.17) is 5.11 Å². The monoisotopic (exact) mass is 322 g/mol. The predicted octanol–water partition coefficient (Wildman–Crippen LogP) is 0.557. The second kappa shape index (κ2) is 7.04. The molecular weight excluding hydrogens is 296 g/mol. The minimum Gasteiger partial charge on any atom is -0.480 e. The molecule has 21 heavy (non-hydrogen) atoms. The van der Waals surface area contributed by atoms with Crippen molar-refractivity contribution in [1.29, 1.82) is 0 Å². The van der Waals surface area contributed by atoms with Crippen LogP contribution in [0, 0.1) is 5.92 Å². The number of hydrogen-bond donors (Lipinski definition) is 3. The number of piperidine rings is 1. The largest absolute Gasteiger partial charge is 0.480 e. The van der Waals surface area contributed by atoms with Crippen molar-refractivity contribution in [2.45, 2.75) is 58.1 Å². The summed E-state index contributed by atoms with van der Waals surface area (Å²) in [7, 11) is -3.90. The van der Waals surface area contributed by atoms with E-state index in [1.165, 1.54) is 0 Å². The Morgan fingerprint density at radius 1 is 1.43 bits per heavy atom. The molecule has 1 heterocycles. The van der Waals surface area contributed by atoms with Crippen LogP contribution >= 0.6 is 0 Å². The standard InChI is InChI=1S/C13H26N2O5S/c1-10(2)8-13(3,18)9-14-21(19,20)15-7-5-4-6-11(15)12(16)17/h10-11,14,18H,4-9H2,1-3H3,(H,16,17). The van der Waals surface area contributed by atoms with Crippen molar-refractivity contribution >= 4 is 16.2 Å². The van der Waals surface area contributed by atoms with E-state index in [0.717, 1.165) is 4.31 Å². The number of carboxylic acid groups (broad SMARTS) is 1. The zero-order valence-electron chi connectivity index (χ0n) is 12.9. The van der Waals surface area contributed by atoms with Crippen LogP contribution in [0.4, 0.5) is 0 Å². The average Bonchev–Trinajstić information content (AvgIpc) is 2.35. The molecule has 3 N–H and O–H groups in total. The van der Waals surface area contributed by atoms with Crippen molar-refractivity contribution in [3.05, 3.63) is 0 Å². The van der Waals surface area contributed by atoms with Crippen molar-refractivity contribution in [3.8, 4) is 0 Å². The van der Waals surface area contributed by atoms with Crippen LogP contribution in [0.3, 0.4) is 0 Å². The van der Waals surface area contributed by atoms with Crippen molar-refractivity contribution in [1.82, 2.24) is 9.03 Å². The van der Waals surface area contributed by atoms with Crippen LogP contribution in [0.5, 0.6) is 0 Å². The third kappa shape index (κ3) is 5.54. The van der Waals surface area contributed by atoms with Gasteiger partial charge in [0.2, 0.25) is 0 Å². The third-order valence-corrected chi connectivity index (χ3v) is 5.09. The van der Waals surface area contributed by atoms with Gasteiger partial charge in [-0.15, -0.1) is 0 Å². The molecule has 1 rings (SSSR count). The quantitative estimate of drug-likeness (QED) is 0.635. The van der Waals surface area contributed by atoms with Crippen molar-refractivity contribution in [3.63, 3.8) is 0 Å². The van der Waals surface area contributed by atoms with E-state index in [1.807, 2.05) is 13.8 Å². The summed E-state index contributed by atoms with van der Waals surface area (Å²) >= 11 is 0. The van der Waals surface area contributed by atoms with Crippen molar-refractivity contribution in [2.24, 2.45) is 5.92 Å². The number of nitrogens with zero attached hydrogens (tertiary/aromatic N) is 1. The molecule has 7 nitrogen and oxygen atoms in total. The lowest BCUT2D eigenvalue weighted by Crippen LogP contribution is -2.54. The second-order valence-corrected chi connectivity index (χ2v) is 8.09. The molecule has 124 valence electrons. The lowest BCUT2D eigenvalue weighted by atomic mass is 9.95. The summed E-state index contributed by atoms with van der Waals surface area (Å²) in [5.41, 5.74) is -1.16. The van der Waals surface area contributed by atoms with Gasteiger partial charge in [-0.05, 0) is 38.5 Å². The Hall–Kier alpha value is -0.700. The topological polar surface area (TPSA) is 107 Å². The van der Waals surface area contributed by atoms with Crippen molar-refractivity contribution < 1.29 is 23.4 Å². The lowest BCUT2D eigenvalue weighted by molar-refractivity contribution is -0.142. The Labute approximate surface area is 126 Å². The van der Waals surface area contributed by atoms with E-state index < -0.39 is 27.8 Å². The fourth-order valence-corrected chi connectivity index (χ4v) is 4.28. The zero-order chi connectivity index (χ0) is 16.3. The average molecular weight is 322 g/mol. The molecule has 8 heteroatoms. The Morgan fingerprint density at radius 2 is 2.05 bits per heavy atom. The summed E-state index contributed by atoms with van der Waals surface area (Å²) in [6.45, 7) is 5.51. The van der Waals surface area contributed by atoms with E-state index in [9.17, 15) is 18.3 Å². The van der Waals surface area contributed by atoms with Crippen LogP contribution < -0.4 is 4.72 Å². The van der Waals surface area contributed by atoms with Gasteiger partial charge >= 0.3 is 5.97 Å². The van der Waals surface area contributed by atoms with E-state index >= 15 is 0 Å². The minimum atomic E-state index is -3.90. The van der Waals surface area contributed by atoms with E-state index in [-0.39, 0.29) is 19.0 Å². The van der Waals surface area contributed by atoms with E-state index in [0.29, 0.717) is 25.7 Å². The smallest absolute Gasteiger partial charge is 0.322 e. The molecule has 1 saturated heterocycles. The fourth-order valence-electron chi connectivity index (χ4n) is 2.72. The van der Waals surface area contributed by atoms with Gasteiger partial charge in [-0.2, -0.15) is 17.4 Å². The molecule has 0 amide bonds. The zero-order valence-corrected chi connectivity index (χ0v) is 13.7. The number of rotatable bonds is 7. The Kier molecular flexibility index (Phi) is 6.15. The van der Waals surface area contributed by atoms with Gasteiger partial charge in [-0.3, -0.25) is 4.79 Å². The number of hydrogen-bond acceptors (Lipinski definition) is 4. The van der Waals surface area contributed by atoms with Gasteiger partial charge in [-0.1, -0.05) is 13.8 Å². The maximum Gasteiger partial charge on any atom is 0.322 e. The van der Waals surface area contributed by atoms with Crippen LogP contribution in [0.15, 0.2) is 0 Å². The molecule has 0 aromatic rings. The second-order valence-electron chi connectivity index (χ2n) is 6.38. The molecule has 0 aromatic carbocycles. The fraction of sp³-hybridized carbons (Fsp3) is 0.923. The maximum absolute atomic E-state index is 12.3. The Bertz CT molecular complexity index is 461. The van der Waals surface area contributed by atoms with Crippen LogP contribution in [-0.4, -0.2) is 53.6 Å². The Balaban J connectivity index is 2.73. The van der Waals surface area contributed by atoms with Gasteiger partial charge in [-0.25, -0.2) is 0 Å². The molecule has 0 aromatic heterocycles. The first-order valence-corrected chi connectivity index (χ1v) is 8.71. The van der Waals surface area contributed by atoms with Crippen LogP contribution in [0.2, 0.25) is 0 Å². The molecule has 2 unspecified atom stereocenters. The van der Waals surface area contributed by atoms with Gasteiger partial charge in [0.1, 0.15) is 6.04 Å². The van der Waals surface area contributed by atoms with Crippen molar-refractivity contribution in [2.75, 3.05) is 13.1 Å². The number of aliphatic hydroxyl groups is 1. The Morgan fingerprint density at radius 3 is 2.57 bits per heavy atom. The maximum atomic E-state index is 12.3. The highest BCUT2D eigenvalue weighted by Crippen LogP contribution is 2.21. The number of carboxylic acids is 1. The van der Waals surface area contributed by atoms with Gasteiger partial charge < -0.3 is 10.2 Å². The highest BCUT2D eigenvalue weighted by atomic mass is 32.2. The SMILES string of the molecule is CC(C)CC(C)(O)CNS(=O)(=O)N1CCCCC1C(=O)O. The first-order chi connectivity index (χ1) is 9.55. The molecule has 1 aliphatic rings. The number of carbonyl (C=O) groups is 1. The molecule has 1 aliphatic heterocycles. The molecule has 0 spiro atoms. The summed E-state index contributed by atoms with van der Waals surface area (Å²) in [6.07, 6.45) is 2.12. The molecular formula is C13H26N2O5S. The summed E-state index contributed by atoms with van der Waals surface area (Å²) < 4.78 is 27.9. The molecule has 2 atom stereocenters. The van der Waals surface area contributed by atoms with Gasteiger partial charge in [0, 0.05) is 13.1 Å². The first-order valence-electron chi connectivity index (χ1n) is 7.27. The summed E-state index contributed by atoms with van der Waals surface area (Å²) in [5, 5.41) is 19.3. The normalized spacial score (nSPS) is 24.0.